The van der Waals surface area contributed by atoms with E-state index in [0.717, 1.165) is 17.0 Å². The highest BCUT2D eigenvalue weighted by Crippen LogP contribution is 2.22. The van der Waals surface area contributed by atoms with Crippen molar-refractivity contribution in [2.75, 3.05) is 19.7 Å². The van der Waals surface area contributed by atoms with Crippen LogP contribution in [0, 0.1) is 6.92 Å². The molecule has 8 heteroatoms. The third-order valence-corrected chi connectivity index (χ3v) is 4.67. The Morgan fingerprint density at radius 1 is 1.39 bits per heavy atom. The molecule has 28 heavy (non-hydrogen) atoms. The summed E-state index contributed by atoms with van der Waals surface area (Å²) in [7, 11) is 0. The molecule has 8 nitrogen and oxygen atoms in total. The third kappa shape index (κ3) is 5.10. The van der Waals surface area contributed by atoms with Gasteiger partial charge < -0.3 is 20.4 Å². The molecule has 0 aliphatic carbocycles. The number of aromatic nitrogens is 2. The number of carbonyl (C=O) groups is 2. The molecule has 2 amide bonds. The van der Waals surface area contributed by atoms with Gasteiger partial charge in [-0.1, -0.05) is 18.2 Å². The molecule has 1 saturated heterocycles. The maximum Gasteiger partial charge on any atom is 0.237 e. The van der Waals surface area contributed by atoms with E-state index < -0.39 is 6.04 Å². The van der Waals surface area contributed by atoms with Crippen LogP contribution in [0.3, 0.4) is 0 Å². The smallest absolute Gasteiger partial charge is 0.237 e. The molecule has 2 aromatic rings. The molecule has 2 heterocycles. The van der Waals surface area contributed by atoms with Crippen molar-refractivity contribution < 1.29 is 14.3 Å². The molecule has 1 fully saturated rings. The summed E-state index contributed by atoms with van der Waals surface area (Å²) in [5, 5.41) is 5.69. The lowest BCUT2D eigenvalue weighted by Crippen LogP contribution is -2.56. The van der Waals surface area contributed by atoms with E-state index in [1.54, 1.807) is 6.20 Å². The van der Waals surface area contributed by atoms with Crippen molar-refractivity contribution in [2.24, 2.45) is 0 Å². The predicted molar refractivity (Wildman–Crippen MR) is 105 cm³/mol. The Morgan fingerprint density at radius 3 is 2.96 bits per heavy atom. The van der Waals surface area contributed by atoms with E-state index in [2.05, 4.69) is 20.6 Å². The number of nitrogens with zero attached hydrogens (tertiary/aromatic N) is 2. The lowest BCUT2D eigenvalue weighted by Gasteiger charge is -2.35. The van der Waals surface area contributed by atoms with Crippen molar-refractivity contribution >= 4 is 11.8 Å². The van der Waals surface area contributed by atoms with E-state index in [9.17, 15) is 9.59 Å². The first-order valence-electron chi connectivity index (χ1n) is 9.56. The summed E-state index contributed by atoms with van der Waals surface area (Å²) in [6.07, 6.45) is 1.82. The van der Waals surface area contributed by atoms with Crippen LogP contribution in [0.15, 0.2) is 30.5 Å². The fourth-order valence-electron chi connectivity index (χ4n) is 3.31. The highest BCUT2D eigenvalue weighted by molar-refractivity contribution is 5.88. The van der Waals surface area contributed by atoms with E-state index >= 15 is 0 Å². The van der Waals surface area contributed by atoms with Crippen LogP contribution in [0.25, 0.3) is 0 Å². The summed E-state index contributed by atoms with van der Waals surface area (Å²) in [6.45, 7) is 6.55. The number of carbonyl (C=O) groups excluding carboxylic acids is 2. The molecular weight excluding hydrogens is 358 g/mol. The number of imidazole rings is 1. The number of hydrogen-bond acceptors (Lipinski definition) is 5. The number of hydrogen-bond donors (Lipinski definition) is 3. The van der Waals surface area contributed by atoms with Crippen LogP contribution in [0.1, 0.15) is 30.4 Å². The number of ether oxygens (including phenoxy) is 1. The first kappa shape index (κ1) is 19.9. The van der Waals surface area contributed by atoms with Gasteiger partial charge >= 0.3 is 0 Å². The Hall–Kier alpha value is -2.87. The number of piperazine rings is 1. The Balaban J connectivity index is 1.63. The highest BCUT2D eigenvalue weighted by Gasteiger charge is 2.32. The average Bonchev–Trinajstić information content (AvgIpc) is 3.10. The van der Waals surface area contributed by atoms with Gasteiger partial charge in [0.05, 0.1) is 25.6 Å². The summed E-state index contributed by atoms with van der Waals surface area (Å²) >= 11 is 0. The minimum Gasteiger partial charge on any atom is -0.494 e. The summed E-state index contributed by atoms with van der Waals surface area (Å²) in [4.78, 5) is 34.1. The van der Waals surface area contributed by atoms with Crippen LogP contribution in [0.2, 0.25) is 0 Å². The van der Waals surface area contributed by atoms with Crippen molar-refractivity contribution in [3.8, 4) is 5.75 Å². The number of aromatic amines is 1. The molecule has 1 unspecified atom stereocenters. The SMILES string of the molecule is CCOc1ccccc1CN1CCNC(=O)C1CC(=O)NCc1ncc(C)[nH]1. The number of amides is 2. The molecule has 0 spiro atoms. The zero-order chi connectivity index (χ0) is 19.9. The van der Waals surface area contributed by atoms with Crippen LogP contribution in [-0.2, 0) is 22.7 Å². The molecule has 3 rings (SSSR count). The number of nitrogens with one attached hydrogen (secondary N) is 3. The van der Waals surface area contributed by atoms with E-state index in [-0.39, 0.29) is 18.2 Å². The van der Waals surface area contributed by atoms with Gasteiger partial charge in [0.25, 0.3) is 0 Å². The minimum atomic E-state index is -0.512. The number of para-hydroxylation sites is 1. The quantitative estimate of drug-likeness (QED) is 0.633. The van der Waals surface area contributed by atoms with Gasteiger partial charge in [0.2, 0.25) is 11.8 Å². The lowest BCUT2D eigenvalue weighted by atomic mass is 10.1. The van der Waals surface area contributed by atoms with Crippen LogP contribution < -0.4 is 15.4 Å². The summed E-state index contributed by atoms with van der Waals surface area (Å²) in [6, 6.07) is 7.29. The monoisotopic (exact) mass is 385 g/mol. The summed E-state index contributed by atoms with van der Waals surface area (Å²) < 4.78 is 5.69. The molecule has 3 N–H and O–H groups in total. The molecule has 0 radical (unpaired) electrons. The lowest BCUT2D eigenvalue weighted by molar-refractivity contribution is -0.134. The van der Waals surface area contributed by atoms with Gasteiger partial charge in [-0.05, 0) is 19.9 Å². The van der Waals surface area contributed by atoms with Gasteiger partial charge in [-0.25, -0.2) is 4.98 Å². The van der Waals surface area contributed by atoms with E-state index in [4.69, 9.17) is 4.74 Å². The molecule has 1 aromatic carbocycles. The second kappa shape index (κ2) is 9.36. The normalized spacial score (nSPS) is 17.2. The molecule has 0 bridgehead atoms. The van der Waals surface area contributed by atoms with Crippen molar-refractivity contribution in [3.63, 3.8) is 0 Å². The zero-order valence-electron chi connectivity index (χ0n) is 16.3. The molecule has 150 valence electrons. The average molecular weight is 385 g/mol. The third-order valence-electron chi connectivity index (χ3n) is 4.67. The van der Waals surface area contributed by atoms with Crippen LogP contribution >= 0.6 is 0 Å². The molecular formula is C20H27N5O3. The topological polar surface area (TPSA) is 99.3 Å². The fraction of sp³-hybridized carbons (Fsp3) is 0.450. The number of rotatable bonds is 8. The van der Waals surface area contributed by atoms with E-state index in [1.165, 1.54) is 0 Å². The largest absolute Gasteiger partial charge is 0.494 e. The molecule has 1 atom stereocenters. The van der Waals surface area contributed by atoms with Crippen molar-refractivity contribution in [1.82, 2.24) is 25.5 Å². The number of aryl methyl sites for hydroxylation is 1. The van der Waals surface area contributed by atoms with Crippen LogP contribution in [-0.4, -0.2) is 52.4 Å². The summed E-state index contributed by atoms with van der Waals surface area (Å²) in [5.41, 5.74) is 1.95. The van der Waals surface area contributed by atoms with Gasteiger partial charge in [0, 0.05) is 37.1 Å². The van der Waals surface area contributed by atoms with Gasteiger partial charge in [-0.15, -0.1) is 0 Å². The van der Waals surface area contributed by atoms with Gasteiger partial charge in [0.1, 0.15) is 11.6 Å². The standard InChI is InChI=1S/C20H27N5O3/c1-3-28-17-7-5-4-6-15(17)13-25-9-8-21-20(27)16(25)10-19(26)23-12-18-22-11-14(2)24-18/h4-7,11,16H,3,8-10,12-13H2,1-2H3,(H,21,27)(H,22,24)(H,23,26). The van der Waals surface area contributed by atoms with Crippen molar-refractivity contribution in [2.45, 2.75) is 39.4 Å². The van der Waals surface area contributed by atoms with Crippen LogP contribution in [0.4, 0.5) is 0 Å². The van der Waals surface area contributed by atoms with E-state index in [1.807, 2.05) is 43.0 Å². The number of H-pyrrole nitrogens is 1. The van der Waals surface area contributed by atoms with Gasteiger partial charge in [-0.2, -0.15) is 0 Å². The summed E-state index contributed by atoms with van der Waals surface area (Å²) in [5.74, 6) is 1.21. The molecule has 1 aliphatic rings. The molecule has 0 saturated carbocycles. The Labute approximate surface area is 164 Å². The predicted octanol–water partition coefficient (Wildman–Crippen LogP) is 1.12. The number of benzene rings is 1. The Kier molecular flexibility index (Phi) is 6.65. The fourth-order valence-corrected chi connectivity index (χ4v) is 3.31. The highest BCUT2D eigenvalue weighted by atomic mass is 16.5. The van der Waals surface area contributed by atoms with E-state index in [0.29, 0.717) is 38.6 Å². The Morgan fingerprint density at radius 2 is 2.21 bits per heavy atom. The zero-order valence-corrected chi connectivity index (χ0v) is 16.3. The van der Waals surface area contributed by atoms with Crippen molar-refractivity contribution in [3.05, 3.63) is 47.5 Å². The first-order chi connectivity index (χ1) is 13.6. The second-order valence-corrected chi connectivity index (χ2v) is 6.81. The van der Waals surface area contributed by atoms with Crippen LogP contribution in [0.5, 0.6) is 5.75 Å². The molecule has 1 aromatic heterocycles. The first-order valence-corrected chi connectivity index (χ1v) is 9.56. The van der Waals surface area contributed by atoms with Crippen molar-refractivity contribution in [1.29, 1.82) is 0 Å². The second-order valence-electron chi connectivity index (χ2n) is 6.81. The van der Waals surface area contributed by atoms with Gasteiger partial charge in [-0.3, -0.25) is 14.5 Å². The maximum atomic E-state index is 12.4. The Bertz CT molecular complexity index is 820. The molecule has 1 aliphatic heterocycles. The van der Waals surface area contributed by atoms with Gasteiger partial charge in [0.15, 0.2) is 0 Å². The maximum absolute atomic E-state index is 12.4. The minimum absolute atomic E-state index is 0.0995.